The highest BCUT2D eigenvalue weighted by atomic mass is 35.5. The molecule has 1 aromatic rings. The third-order valence-corrected chi connectivity index (χ3v) is 3.73. The molecule has 2 rings (SSSR count). The van der Waals surface area contributed by atoms with Crippen LogP contribution in [0.15, 0.2) is 18.2 Å². The number of amides is 2. The molecule has 1 aromatic carbocycles. The van der Waals surface area contributed by atoms with Crippen LogP contribution in [0.3, 0.4) is 0 Å². The standard InChI is InChI=1S/C13H15Cl2N3O2/c1-8(18-5-4-16-12(19)7-18)13(20)17-11-3-2-9(14)6-10(11)15/h2-3,6,8H,4-5,7H2,1H3,(H,16,19)(H,17,20)/t8-/m1/s1. The topological polar surface area (TPSA) is 61.4 Å². The minimum Gasteiger partial charge on any atom is -0.354 e. The fourth-order valence-electron chi connectivity index (χ4n) is 1.98. The molecule has 1 aliphatic heterocycles. The largest absolute Gasteiger partial charge is 0.354 e. The molecule has 2 amide bonds. The van der Waals surface area contributed by atoms with E-state index in [4.69, 9.17) is 23.2 Å². The Morgan fingerprint density at radius 2 is 2.20 bits per heavy atom. The van der Waals surface area contributed by atoms with E-state index in [9.17, 15) is 9.59 Å². The molecule has 1 atom stereocenters. The fraction of sp³-hybridized carbons (Fsp3) is 0.385. The van der Waals surface area contributed by atoms with E-state index in [0.717, 1.165) is 0 Å². The van der Waals surface area contributed by atoms with E-state index >= 15 is 0 Å². The predicted molar refractivity (Wildman–Crippen MR) is 79.1 cm³/mol. The third-order valence-electron chi connectivity index (χ3n) is 3.18. The van der Waals surface area contributed by atoms with Crippen molar-refractivity contribution in [3.63, 3.8) is 0 Å². The second-order valence-electron chi connectivity index (χ2n) is 4.61. The molecule has 0 unspecified atom stereocenters. The maximum Gasteiger partial charge on any atom is 0.241 e. The molecule has 0 bridgehead atoms. The van der Waals surface area contributed by atoms with Crippen molar-refractivity contribution in [1.29, 1.82) is 0 Å². The number of carbonyl (C=O) groups excluding carboxylic acids is 2. The van der Waals surface area contributed by atoms with Crippen LogP contribution in [0.4, 0.5) is 5.69 Å². The molecule has 0 saturated carbocycles. The highest BCUT2D eigenvalue weighted by molar-refractivity contribution is 6.36. The Kier molecular flexibility index (Phi) is 4.86. The monoisotopic (exact) mass is 315 g/mol. The van der Waals surface area contributed by atoms with Crippen molar-refractivity contribution in [3.05, 3.63) is 28.2 Å². The lowest BCUT2D eigenvalue weighted by molar-refractivity contribution is -0.127. The summed E-state index contributed by atoms with van der Waals surface area (Å²) in [4.78, 5) is 25.3. The average Bonchev–Trinajstić information content (AvgIpc) is 2.41. The predicted octanol–water partition coefficient (Wildman–Crippen LogP) is 1.75. The fourth-order valence-corrected chi connectivity index (χ4v) is 2.44. The molecule has 108 valence electrons. The average molecular weight is 316 g/mol. The van der Waals surface area contributed by atoms with E-state index in [-0.39, 0.29) is 18.4 Å². The Hall–Kier alpha value is -1.30. The van der Waals surface area contributed by atoms with E-state index in [1.54, 1.807) is 25.1 Å². The van der Waals surface area contributed by atoms with Crippen LogP contribution in [0.2, 0.25) is 10.0 Å². The Bertz CT molecular complexity index is 536. The highest BCUT2D eigenvalue weighted by Gasteiger charge is 2.26. The number of halogens is 2. The number of carbonyl (C=O) groups is 2. The van der Waals surface area contributed by atoms with Crippen molar-refractivity contribution >= 4 is 40.7 Å². The van der Waals surface area contributed by atoms with Crippen molar-refractivity contribution in [2.45, 2.75) is 13.0 Å². The van der Waals surface area contributed by atoms with Crippen LogP contribution < -0.4 is 10.6 Å². The molecule has 0 spiro atoms. The van der Waals surface area contributed by atoms with Gasteiger partial charge in [-0.3, -0.25) is 14.5 Å². The van der Waals surface area contributed by atoms with Gasteiger partial charge < -0.3 is 10.6 Å². The molecule has 1 saturated heterocycles. The summed E-state index contributed by atoms with van der Waals surface area (Å²) >= 11 is 11.8. The van der Waals surface area contributed by atoms with Gasteiger partial charge in [-0.25, -0.2) is 0 Å². The summed E-state index contributed by atoms with van der Waals surface area (Å²) in [7, 11) is 0. The van der Waals surface area contributed by atoms with E-state index in [0.29, 0.717) is 28.8 Å². The van der Waals surface area contributed by atoms with Crippen molar-refractivity contribution in [2.24, 2.45) is 0 Å². The van der Waals surface area contributed by atoms with Crippen LogP contribution in [0.5, 0.6) is 0 Å². The molecule has 7 heteroatoms. The molecule has 20 heavy (non-hydrogen) atoms. The number of rotatable bonds is 3. The number of hydrogen-bond donors (Lipinski definition) is 2. The molecule has 0 aliphatic carbocycles. The SMILES string of the molecule is C[C@H](C(=O)Nc1ccc(Cl)cc1Cl)N1CCNC(=O)C1. The van der Waals surface area contributed by atoms with Gasteiger partial charge in [-0.05, 0) is 25.1 Å². The van der Waals surface area contributed by atoms with E-state index in [1.807, 2.05) is 4.90 Å². The smallest absolute Gasteiger partial charge is 0.241 e. The first-order valence-electron chi connectivity index (χ1n) is 6.24. The Labute approximate surface area is 127 Å². The molecule has 5 nitrogen and oxygen atoms in total. The highest BCUT2D eigenvalue weighted by Crippen LogP contribution is 2.25. The summed E-state index contributed by atoms with van der Waals surface area (Å²) in [5, 5.41) is 6.36. The molecule has 1 fully saturated rings. The molecule has 1 aliphatic rings. The molecular weight excluding hydrogens is 301 g/mol. The van der Waals surface area contributed by atoms with Gasteiger partial charge in [0.2, 0.25) is 11.8 Å². The first-order chi connectivity index (χ1) is 9.47. The Morgan fingerprint density at radius 1 is 1.45 bits per heavy atom. The van der Waals surface area contributed by atoms with Crippen molar-refractivity contribution in [3.8, 4) is 0 Å². The van der Waals surface area contributed by atoms with Crippen molar-refractivity contribution in [2.75, 3.05) is 25.0 Å². The summed E-state index contributed by atoms with van der Waals surface area (Å²) < 4.78 is 0. The van der Waals surface area contributed by atoms with Gasteiger partial charge >= 0.3 is 0 Å². The van der Waals surface area contributed by atoms with Gasteiger partial charge in [0.15, 0.2) is 0 Å². The van der Waals surface area contributed by atoms with E-state index < -0.39 is 6.04 Å². The number of hydrogen-bond acceptors (Lipinski definition) is 3. The first-order valence-corrected chi connectivity index (χ1v) is 6.99. The van der Waals surface area contributed by atoms with Crippen LogP contribution >= 0.6 is 23.2 Å². The van der Waals surface area contributed by atoms with Gasteiger partial charge in [-0.15, -0.1) is 0 Å². The minimum absolute atomic E-state index is 0.0691. The lowest BCUT2D eigenvalue weighted by Gasteiger charge is -2.31. The zero-order valence-corrected chi connectivity index (χ0v) is 12.5. The minimum atomic E-state index is -0.409. The molecular formula is C13H15Cl2N3O2. The van der Waals surface area contributed by atoms with Gasteiger partial charge in [-0.2, -0.15) is 0 Å². The number of nitrogens with zero attached hydrogens (tertiary/aromatic N) is 1. The number of piperazine rings is 1. The second-order valence-corrected chi connectivity index (χ2v) is 5.45. The summed E-state index contributed by atoms with van der Waals surface area (Å²) in [5.74, 6) is -0.274. The normalized spacial score (nSPS) is 17.4. The lowest BCUT2D eigenvalue weighted by atomic mass is 10.2. The van der Waals surface area contributed by atoms with Crippen LogP contribution in [-0.2, 0) is 9.59 Å². The molecule has 1 heterocycles. The third kappa shape index (κ3) is 3.62. The van der Waals surface area contributed by atoms with Crippen molar-refractivity contribution < 1.29 is 9.59 Å². The number of benzene rings is 1. The van der Waals surface area contributed by atoms with E-state index in [2.05, 4.69) is 10.6 Å². The number of anilines is 1. The zero-order valence-electron chi connectivity index (χ0n) is 11.0. The lowest BCUT2D eigenvalue weighted by Crippen LogP contribution is -2.53. The van der Waals surface area contributed by atoms with Crippen LogP contribution in [0.1, 0.15) is 6.92 Å². The quantitative estimate of drug-likeness (QED) is 0.893. The summed E-state index contributed by atoms with van der Waals surface area (Å²) in [6, 6.07) is 4.46. The summed E-state index contributed by atoms with van der Waals surface area (Å²) in [6.45, 7) is 3.19. The maximum atomic E-state index is 12.2. The van der Waals surface area contributed by atoms with Crippen LogP contribution in [0, 0.1) is 0 Å². The van der Waals surface area contributed by atoms with E-state index in [1.165, 1.54) is 0 Å². The van der Waals surface area contributed by atoms with Gasteiger partial charge in [0, 0.05) is 18.1 Å². The maximum absolute atomic E-state index is 12.2. The van der Waals surface area contributed by atoms with Crippen molar-refractivity contribution in [1.82, 2.24) is 10.2 Å². The second kappa shape index (κ2) is 6.43. The summed E-state index contributed by atoms with van der Waals surface area (Å²) in [5.41, 5.74) is 0.509. The molecule has 0 aromatic heterocycles. The number of nitrogens with one attached hydrogen (secondary N) is 2. The zero-order chi connectivity index (χ0) is 14.7. The summed E-state index contributed by atoms with van der Waals surface area (Å²) in [6.07, 6.45) is 0. The molecule has 2 N–H and O–H groups in total. The van der Waals surface area contributed by atoms with Crippen LogP contribution in [-0.4, -0.2) is 42.4 Å². The molecule has 0 radical (unpaired) electrons. The Balaban J connectivity index is 2.01. The van der Waals surface area contributed by atoms with Gasteiger partial charge in [0.05, 0.1) is 23.3 Å². The van der Waals surface area contributed by atoms with Gasteiger partial charge in [-0.1, -0.05) is 23.2 Å². The van der Waals surface area contributed by atoms with Crippen LogP contribution in [0.25, 0.3) is 0 Å². The van der Waals surface area contributed by atoms with Gasteiger partial charge in [0.25, 0.3) is 0 Å². The Morgan fingerprint density at radius 3 is 2.85 bits per heavy atom. The van der Waals surface area contributed by atoms with Gasteiger partial charge in [0.1, 0.15) is 0 Å². The first kappa shape index (κ1) is 15.1.